The van der Waals surface area contributed by atoms with Crippen molar-refractivity contribution in [3.05, 3.63) is 107 Å². The number of amides is 3. The van der Waals surface area contributed by atoms with Crippen molar-refractivity contribution in [2.45, 2.75) is 84.0 Å². The van der Waals surface area contributed by atoms with Gasteiger partial charge in [-0.3, -0.25) is 19.3 Å². The van der Waals surface area contributed by atoms with Gasteiger partial charge in [0.2, 0.25) is 17.7 Å². The normalized spacial score (nSPS) is 19.9. The number of aromatic nitrogens is 3. The summed E-state index contributed by atoms with van der Waals surface area (Å²) < 4.78 is 0. The fraction of sp³-hybridized carbons (Fsp3) is 0.404. The molecule has 13 heteroatoms. The van der Waals surface area contributed by atoms with Crippen LogP contribution in [0.15, 0.2) is 90.6 Å². The van der Waals surface area contributed by atoms with Crippen LogP contribution in [0, 0.1) is 17.8 Å². The van der Waals surface area contributed by atoms with E-state index in [0.29, 0.717) is 17.2 Å². The number of aryl methyl sites for hydroxylation is 1. The van der Waals surface area contributed by atoms with Crippen molar-refractivity contribution < 1.29 is 24.6 Å². The van der Waals surface area contributed by atoms with Crippen LogP contribution in [0.2, 0.25) is 0 Å². The van der Waals surface area contributed by atoms with Gasteiger partial charge in [0, 0.05) is 37.2 Å². The zero-order valence-corrected chi connectivity index (χ0v) is 35.6. The van der Waals surface area contributed by atoms with Crippen molar-refractivity contribution in [1.82, 2.24) is 35.6 Å². The number of aromatic hydroxyl groups is 1. The van der Waals surface area contributed by atoms with Crippen molar-refractivity contribution in [3.8, 4) is 38.6 Å². The van der Waals surface area contributed by atoms with Gasteiger partial charge in [0.15, 0.2) is 0 Å². The second-order valence-corrected chi connectivity index (χ2v) is 19.0. The quantitative estimate of drug-likeness (QED) is 0.117. The van der Waals surface area contributed by atoms with E-state index in [0.717, 1.165) is 58.8 Å². The molecule has 2 aliphatic heterocycles. The molecule has 2 saturated heterocycles. The first-order valence-electron chi connectivity index (χ1n) is 20.7. The van der Waals surface area contributed by atoms with E-state index in [4.69, 9.17) is 0 Å². The Hall–Kier alpha value is -5.50. The van der Waals surface area contributed by atoms with Crippen LogP contribution in [-0.4, -0.2) is 97.3 Å². The molecule has 1 spiro atoms. The standard InChI is InChI=1S/C47H53N7O5S/c1-28(30-10-16-33(17-11-30)42-29(2)48-27-60-42)50-44(58)39-19-36(55)23-54(39)45(59)43(46(3,4)5)51-41(57)24-53-25-47(26-53)20-35(21-47)32-14-12-31(13-15-32)34-18-38(52-49-22-34)37-8-6-7-9-40(37)56/h6-18,22,27-28,35-36,39,43,55-56H,19-21,23-26H2,1-5H3,(H,50,58)(H,51,57)/t28-,36+,39-,43+/m0/s1. The molecule has 0 bridgehead atoms. The Morgan fingerprint density at radius 3 is 2.32 bits per heavy atom. The Morgan fingerprint density at radius 2 is 1.65 bits per heavy atom. The maximum Gasteiger partial charge on any atom is 0.246 e. The molecule has 2 aromatic heterocycles. The number of phenols is 1. The van der Waals surface area contributed by atoms with Gasteiger partial charge in [-0.25, -0.2) is 4.98 Å². The summed E-state index contributed by atoms with van der Waals surface area (Å²) in [4.78, 5) is 50.4. The minimum atomic E-state index is -0.878. The lowest BCUT2D eigenvalue weighted by Crippen LogP contribution is -2.64. The van der Waals surface area contributed by atoms with E-state index in [9.17, 15) is 24.6 Å². The van der Waals surface area contributed by atoms with Crippen LogP contribution in [0.4, 0.5) is 0 Å². The first-order chi connectivity index (χ1) is 28.7. The number of carbonyl (C=O) groups excluding carboxylic acids is 3. The molecule has 12 nitrogen and oxygen atoms in total. The van der Waals surface area contributed by atoms with Crippen LogP contribution in [0.1, 0.15) is 75.7 Å². The Labute approximate surface area is 355 Å². The highest BCUT2D eigenvalue weighted by atomic mass is 32.1. The van der Waals surface area contributed by atoms with E-state index < -0.39 is 23.6 Å². The number of para-hydroxylation sites is 1. The summed E-state index contributed by atoms with van der Waals surface area (Å²) in [7, 11) is 0. The summed E-state index contributed by atoms with van der Waals surface area (Å²) in [6.45, 7) is 11.5. The largest absolute Gasteiger partial charge is 0.507 e. The molecule has 60 heavy (non-hydrogen) atoms. The van der Waals surface area contributed by atoms with Gasteiger partial charge < -0.3 is 25.7 Å². The highest BCUT2D eigenvalue weighted by molar-refractivity contribution is 7.13. The summed E-state index contributed by atoms with van der Waals surface area (Å²) in [6.07, 6.45) is 3.13. The number of nitrogens with zero attached hydrogens (tertiary/aromatic N) is 5. The molecule has 1 saturated carbocycles. The Bertz CT molecular complexity index is 2360. The van der Waals surface area contributed by atoms with Gasteiger partial charge in [-0.05, 0) is 83.9 Å². The Kier molecular flexibility index (Phi) is 11.4. The smallest absolute Gasteiger partial charge is 0.246 e. The number of hydrogen-bond acceptors (Lipinski definition) is 10. The summed E-state index contributed by atoms with van der Waals surface area (Å²) in [5.41, 5.74) is 8.85. The van der Waals surface area contributed by atoms with Gasteiger partial charge in [-0.1, -0.05) is 81.4 Å². The van der Waals surface area contributed by atoms with Gasteiger partial charge in [0.1, 0.15) is 17.8 Å². The lowest BCUT2D eigenvalue weighted by molar-refractivity contribution is -0.145. The van der Waals surface area contributed by atoms with E-state index in [1.807, 2.05) is 82.6 Å². The maximum atomic E-state index is 14.2. The zero-order chi connectivity index (χ0) is 42.3. The first kappa shape index (κ1) is 41.2. The molecule has 4 N–H and O–H groups in total. The second kappa shape index (κ2) is 16.5. The summed E-state index contributed by atoms with van der Waals surface area (Å²) in [6, 6.07) is 23.6. The number of carbonyl (C=O) groups is 3. The number of benzene rings is 3. The van der Waals surface area contributed by atoms with E-state index in [2.05, 4.69) is 55.0 Å². The number of nitrogens with one attached hydrogen (secondary N) is 2. The molecule has 0 unspecified atom stereocenters. The van der Waals surface area contributed by atoms with Gasteiger partial charge in [-0.2, -0.15) is 10.2 Å². The predicted octanol–water partition coefficient (Wildman–Crippen LogP) is 6.50. The first-order valence-corrected chi connectivity index (χ1v) is 21.6. The highest BCUT2D eigenvalue weighted by Crippen LogP contribution is 2.56. The predicted molar refractivity (Wildman–Crippen MR) is 232 cm³/mol. The molecule has 4 heterocycles. The molecule has 5 aromatic rings. The zero-order valence-electron chi connectivity index (χ0n) is 34.8. The van der Waals surface area contributed by atoms with Crippen LogP contribution in [0.5, 0.6) is 5.75 Å². The molecular weight excluding hydrogens is 775 g/mol. The Balaban J connectivity index is 0.827. The molecule has 3 fully saturated rings. The topological polar surface area (TPSA) is 161 Å². The Morgan fingerprint density at radius 1 is 0.950 bits per heavy atom. The number of phenolic OH excluding ortho intramolecular Hbond substituents is 1. The number of rotatable bonds is 11. The average molecular weight is 828 g/mol. The molecule has 0 radical (unpaired) electrons. The van der Waals surface area contributed by atoms with Crippen molar-refractivity contribution in [3.63, 3.8) is 0 Å². The lowest BCUT2D eigenvalue weighted by Gasteiger charge is -2.59. The fourth-order valence-electron chi connectivity index (χ4n) is 9.21. The third-order valence-corrected chi connectivity index (χ3v) is 13.4. The van der Waals surface area contributed by atoms with Gasteiger partial charge >= 0.3 is 0 Å². The lowest BCUT2D eigenvalue weighted by atomic mass is 9.56. The van der Waals surface area contributed by atoms with Gasteiger partial charge in [0.05, 0.1) is 46.7 Å². The number of thiazole rings is 1. The minimum absolute atomic E-state index is 0.0245. The second-order valence-electron chi connectivity index (χ2n) is 18.1. The molecule has 8 rings (SSSR count). The van der Waals surface area contributed by atoms with Crippen LogP contribution in [-0.2, 0) is 14.4 Å². The third kappa shape index (κ3) is 8.57. The van der Waals surface area contributed by atoms with E-state index in [1.165, 1.54) is 10.5 Å². The monoisotopic (exact) mass is 827 g/mol. The number of hydrogen-bond donors (Lipinski definition) is 4. The molecule has 312 valence electrons. The van der Waals surface area contributed by atoms with E-state index in [1.54, 1.807) is 29.7 Å². The van der Waals surface area contributed by atoms with Crippen molar-refractivity contribution in [2.24, 2.45) is 10.8 Å². The number of aliphatic hydroxyl groups is 1. The summed E-state index contributed by atoms with van der Waals surface area (Å²) in [5, 5.41) is 35.5. The van der Waals surface area contributed by atoms with Crippen molar-refractivity contribution in [1.29, 1.82) is 0 Å². The molecule has 3 aliphatic rings. The number of β-amino-alcohol motifs (C(OH)–C–C–N with tert-alkyl or cyclic N) is 1. The molecular formula is C47H53N7O5S. The molecule has 3 amide bonds. The van der Waals surface area contributed by atoms with Crippen molar-refractivity contribution in [2.75, 3.05) is 26.2 Å². The number of aliphatic hydroxyl groups excluding tert-OH is 1. The SMILES string of the molecule is Cc1ncsc1-c1ccc([C@H](C)NC(=O)[C@@H]2C[C@@H](O)CN2C(=O)[C@@H](NC(=O)CN2CC3(CC(c4ccc(-c5cnnc(-c6ccccc6O)c5)cc4)C3)C2)C(C)(C)C)cc1. The van der Waals surface area contributed by atoms with Gasteiger partial charge in [0.25, 0.3) is 0 Å². The van der Waals surface area contributed by atoms with E-state index in [-0.39, 0.29) is 54.4 Å². The minimum Gasteiger partial charge on any atom is -0.507 e. The number of likely N-dealkylation sites (tertiary alicyclic amines) is 2. The third-order valence-electron chi connectivity index (χ3n) is 12.5. The highest BCUT2D eigenvalue weighted by Gasteiger charge is 2.53. The van der Waals surface area contributed by atoms with Crippen LogP contribution in [0.25, 0.3) is 32.8 Å². The summed E-state index contributed by atoms with van der Waals surface area (Å²) in [5.74, 6) is -0.311. The van der Waals surface area contributed by atoms with Crippen molar-refractivity contribution >= 4 is 29.1 Å². The molecule has 3 aromatic carbocycles. The van der Waals surface area contributed by atoms with Crippen LogP contribution >= 0.6 is 11.3 Å². The fourth-order valence-corrected chi connectivity index (χ4v) is 10.0. The van der Waals surface area contributed by atoms with Crippen LogP contribution in [0.3, 0.4) is 0 Å². The van der Waals surface area contributed by atoms with E-state index >= 15 is 0 Å². The molecule has 4 atom stereocenters. The van der Waals surface area contributed by atoms with Gasteiger partial charge in [-0.15, -0.1) is 11.3 Å². The maximum absolute atomic E-state index is 14.2. The average Bonchev–Trinajstić information content (AvgIpc) is 3.82. The summed E-state index contributed by atoms with van der Waals surface area (Å²) >= 11 is 1.59. The van der Waals surface area contributed by atoms with Crippen LogP contribution < -0.4 is 10.6 Å². The molecule has 1 aliphatic carbocycles.